The average molecular weight is 133 g/mol. The Balaban J connectivity index is 4.26. The van der Waals surface area contributed by atoms with Gasteiger partial charge in [0.05, 0.1) is 0 Å². The molecule has 0 aromatic rings. The van der Waals surface area contributed by atoms with Crippen LogP contribution < -0.4 is 0 Å². The Morgan fingerprint density at radius 1 is 1.50 bits per heavy atom. The fourth-order valence-corrected chi connectivity index (χ4v) is 1.39. The summed E-state index contributed by atoms with van der Waals surface area (Å²) in [6.07, 6.45) is 0. The van der Waals surface area contributed by atoms with Crippen LogP contribution in [-0.4, -0.2) is 23.7 Å². The highest BCUT2D eigenvalue weighted by molar-refractivity contribution is 7.93. The lowest BCUT2D eigenvalue weighted by Crippen LogP contribution is -2.04. The molecular formula is C4H12BNOS. The van der Waals surface area contributed by atoms with E-state index in [9.17, 15) is 4.21 Å². The summed E-state index contributed by atoms with van der Waals surface area (Å²) in [6, 6.07) is 0. The van der Waals surface area contributed by atoms with E-state index in [2.05, 4.69) is 4.27 Å². The molecule has 8 heavy (non-hydrogen) atoms. The first-order valence-corrected chi connectivity index (χ1v) is 4.64. The van der Waals surface area contributed by atoms with Gasteiger partial charge in [0.2, 0.25) is 0 Å². The molecule has 0 saturated carbocycles. The Morgan fingerprint density at radius 2 is 1.88 bits per heavy atom. The summed E-state index contributed by atoms with van der Waals surface area (Å²) in [5, 5.41) is 0. The molecule has 2 nitrogen and oxygen atoms in total. The molecule has 0 bridgehead atoms. The van der Waals surface area contributed by atoms with Crippen LogP contribution in [0.1, 0.15) is 13.8 Å². The molecule has 0 saturated heterocycles. The van der Waals surface area contributed by atoms with Gasteiger partial charge in [0.25, 0.3) is 7.98 Å². The van der Waals surface area contributed by atoms with Crippen molar-refractivity contribution in [1.29, 1.82) is 0 Å². The highest BCUT2D eigenvalue weighted by Crippen LogP contribution is 1.91. The van der Waals surface area contributed by atoms with E-state index < -0.39 is 9.73 Å². The van der Waals surface area contributed by atoms with Crippen LogP contribution in [0.5, 0.6) is 0 Å². The molecule has 0 amide bonds. The van der Waals surface area contributed by atoms with Crippen molar-refractivity contribution in [3.05, 3.63) is 0 Å². The topological polar surface area (TPSA) is 29.4 Å². The molecule has 0 unspecified atom stereocenters. The second-order valence-corrected chi connectivity index (χ2v) is 4.60. The van der Waals surface area contributed by atoms with E-state index in [0.717, 1.165) is 0 Å². The van der Waals surface area contributed by atoms with Gasteiger partial charge in [-0.2, -0.15) is 0 Å². The zero-order valence-corrected chi connectivity index (χ0v) is 6.49. The van der Waals surface area contributed by atoms with Crippen LogP contribution in [0.25, 0.3) is 0 Å². The van der Waals surface area contributed by atoms with Crippen molar-refractivity contribution in [2.45, 2.75) is 13.8 Å². The van der Waals surface area contributed by atoms with E-state index in [0.29, 0.717) is 11.5 Å². The van der Waals surface area contributed by atoms with Crippen molar-refractivity contribution in [3.8, 4) is 0 Å². The molecule has 0 aromatic heterocycles. The zero-order valence-electron chi connectivity index (χ0n) is 5.68. The lowest BCUT2D eigenvalue weighted by molar-refractivity contribution is 0.679. The van der Waals surface area contributed by atoms with Gasteiger partial charge in [-0.1, -0.05) is 13.8 Å². The Bertz CT molecular complexity index is 149. The number of nitrogens with zero attached hydrogens (tertiary/aromatic N) is 1. The van der Waals surface area contributed by atoms with Gasteiger partial charge in [0.15, 0.2) is 0 Å². The quantitative estimate of drug-likeness (QED) is 0.489. The predicted molar refractivity (Wildman–Crippen MR) is 40.2 cm³/mol. The largest absolute Gasteiger partial charge is 0.308 e. The first-order valence-electron chi connectivity index (χ1n) is 2.79. The minimum absolute atomic E-state index is 0.681. The van der Waals surface area contributed by atoms with Crippen molar-refractivity contribution < 1.29 is 4.21 Å². The fourth-order valence-electron chi connectivity index (χ4n) is 0.462. The Labute approximate surface area is 52.3 Å². The molecule has 0 aliphatic rings. The third-order valence-electron chi connectivity index (χ3n) is 1.23. The van der Waals surface area contributed by atoms with Crippen LogP contribution in [0.4, 0.5) is 0 Å². The van der Waals surface area contributed by atoms with Gasteiger partial charge < -0.3 is 4.27 Å². The zero-order chi connectivity index (χ0) is 6.62. The molecule has 0 atom stereocenters. The maximum Gasteiger partial charge on any atom is 0.257 e. The van der Waals surface area contributed by atoms with Gasteiger partial charge in [-0.15, -0.1) is 0 Å². The summed E-state index contributed by atoms with van der Waals surface area (Å²) in [5.74, 6) is 1.36. The molecule has 4 heteroatoms. The first-order chi connectivity index (χ1) is 3.68. The summed E-state index contributed by atoms with van der Waals surface area (Å²) in [6.45, 7) is 3.80. The van der Waals surface area contributed by atoms with Crippen LogP contribution in [0.15, 0.2) is 4.27 Å². The smallest absolute Gasteiger partial charge is 0.257 e. The van der Waals surface area contributed by atoms with E-state index in [1.807, 2.05) is 13.8 Å². The second-order valence-electron chi connectivity index (χ2n) is 1.53. The molecule has 0 aliphatic heterocycles. The van der Waals surface area contributed by atoms with Gasteiger partial charge in [-0.25, -0.2) is 0 Å². The third-order valence-corrected chi connectivity index (χ3v) is 3.70. The summed E-state index contributed by atoms with van der Waals surface area (Å²) in [7, 11) is -0.157. The number of hydrogen-bond donors (Lipinski definition) is 0. The van der Waals surface area contributed by atoms with Crippen LogP contribution in [0, 0.1) is 0 Å². The van der Waals surface area contributed by atoms with E-state index in [4.69, 9.17) is 0 Å². The fraction of sp³-hybridized carbons (Fsp3) is 1.00. The lowest BCUT2D eigenvalue weighted by atomic mass is 10.5. The Morgan fingerprint density at radius 3 is 1.88 bits per heavy atom. The van der Waals surface area contributed by atoms with E-state index >= 15 is 0 Å². The number of rotatable bonds is 2. The van der Waals surface area contributed by atoms with Gasteiger partial charge in [-0.3, -0.25) is 4.21 Å². The van der Waals surface area contributed by atoms with Crippen LogP contribution in [-0.2, 0) is 9.73 Å². The maximum atomic E-state index is 11.1. The molecule has 0 spiro atoms. The average Bonchev–Trinajstić information content (AvgIpc) is 1.87. The molecule has 0 radical (unpaired) electrons. The molecule has 0 N–H and O–H groups in total. The summed E-state index contributed by atoms with van der Waals surface area (Å²) >= 11 is 0. The van der Waals surface area contributed by atoms with Gasteiger partial charge in [0, 0.05) is 21.2 Å². The summed E-state index contributed by atoms with van der Waals surface area (Å²) in [4.78, 5) is 0. The van der Waals surface area contributed by atoms with Crippen LogP contribution in [0.3, 0.4) is 0 Å². The third kappa shape index (κ3) is 1.86. The van der Waals surface area contributed by atoms with E-state index in [1.165, 1.54) is 0 Å². The normalized spacial score (nSPS) is 11.2. The molecule has 0 fully saturated rings. The summed E-state index contributed by atoms with van der Waals surface area (Å²) in [5.41, 5.74) is 0. The molecule has 0 heterocycles. The highest BCUT2D eigenvalue weighted by Gasteiger charge is 1.96. The van der Waals surface area contributed by atoms with Crippen molar-refractivity contribution in [1.82, 2.24) is 0 Å². The monoisotopic (exact) mass is 133 g/mol. The van der Waals surface area contributed by atoms with E-state index in [1.54, 1.807) is 7.98 Å². The first kappa shape index (κ1) is 8.01. The summed E-state index contributed by atoms with van der Waals surface area (Å²) < 4.78 is 14.9. The molecular weight excluding hydrogens is 121 g/mol. The van der Waals surface area contributed by atoms with Gasteiger partial charge in [-0.05, 0) is 0 Å². The van der Waals surface area contributed by atoms with Crippen molar-refractivity contribution in [3.63, 3.8) is 0 Å². The Hall–Kier alpha value is 0.0149. The second kappa shape index (κ2) is 3.12. The van der Waals surface area contributed by atoms with Crippen LogP contribution in [0.2, 0.25) is 0 Å². The minimum Gasteiger partial charge on any atom is -0.308 e. The van der Waals surface area contributed by atoms with Crippen LogP contribution >= 0.6 is 0 Å². The highest BCUT2D eigenvalue weighted by atomic mass is 32.2. The molecule has 0 rings (SSSR count). The van der Waals surface area contributed by atoms with Crippen molar-refractivity contribution in [2.75, 3.05) is 11.5 Å². The minimum atomic E-state index is -1.78. The molecule has 0 aromatic carbocycles. The molecule has 0 aliphatic carbocycles. The van der Waals surface area contributed by atoms with Gasteiger partial charge in [0.1, 0.15) is 0 Å². The predicted octanol–water partition coefficient (Wildman–Crippen LogP) is 0.0423. The van der Waals surface area contributed by atoms with Crippen molar-refractivity contribution in [2.24, 2.45) is 4.27 Å². The van der Waals surface area contributed by atoms with Crippen molar-refractivity contribution >= 4 is 17.7 Å². The molecule has 48 valence electrons. The number of hydrogen-bond acceptors (Lipinski definition) is 2. The maximum absolute atomic E-state index is 11.1. The Kier molecular flexibility index (Phi) is 3.13. The standard InChI is InChI=1S/C4H12BNOS/c1-3-8(7,4-2)6-5/h3-5H2,1-2H3. The SMILES string of the molecule is BN=S(=O)(CC)CC. The van der Waals surface area contributed by atoms with E-state index in [-0.39, 0.29) is 0 Å². The lowest BCUT2D eigenvalue weighted by Gasteiger charge is -1.99. The van der Waals surface area contributed by atoms with Gasteiger partial charge >= 0.3 is 0 Å².